The maximum absolute atomic E-state index is 13.3. The lowest BCUT2D eigenvalue weighted by Crippen LogP contribution is -2.24. The van der Waals surface area contributed by atoms with Gasteiger partial charge in [-0.3, -0.25) is 0 Å². The lowest BCUT2D eigenvalue weighted by molar-refractivity contribution is 0.00609. The Morgan fingerprint density at radius 3 is 2.33 bits per heavy atom. The molecule has 0 radical (unpaired) electrons. The fourth-order valence-electron chi connectivity index (χ4n) is 1.53. The zero-order valence-electron chi connectivity index (χ0n) is 8.08. The van der Waals surface area contributed by atoms with Crippen LogP contribution in [0.25, 0.3) is 10.8 Å². The molecule has 2 aromatic rings. The van der Waals surface area contributed by atoms with E-state index >= 15 is 0 Å². The minimum atomic E-state index is -2.94. The van der Waals surface area contributed by atoms with Gasteiger partial charge in [-0.25, -0.2) is 0 Å². The molecule has 1 nitrogen and oxygen atoms in total. The number of nitrogens with two attached hydrogens (primary N) is 1. The molecule has 2 N–H and O–H groups in total. The van der Waals surface area contributed by atoms with E-state index in [1.165, 1.54) is 12.1 Å². The van der Waals surface area contributed by atoms with Crippen LogP contribution in [0.1, 0.15) is 5.56 Å². The molecule has 78 valence electrons. The van der Waals surface area contributed by atoms with E-state index in [0.29, 0.717) is 0 Å². The van der Waals surface area contributed by atoms with Gasteiger partial charge in [-0.2, -0.15) is 8.78 Å². The van der Waals surface area contributed by atoms with Gasteiger partial charge in [0, 0.05) is 5.56 Å². The van der Waals surface area contributed by atoms with E-state index < -0.39 is 12.5 Å². The summed E-state index contributed by atoms with van der Waals surface area (Å²) in [6.45, 7) is -0.661. The lowest BCUT2D eigenvalue weighted by Gasteiger charge is -2.14. The summed E-state index contributed by atoms with van der Waals surface area (Å²) >= 11 is 0. The Kier molecular flexibility index (Phi) is 2.40. The van der Waals surface area contributed by atoms with Gasteiger partial charge < -0.3 is 5.73 Å². The largest absolute Gasteiger partial charge is 0.325 e. The van der Waals surface area contributed by atoms with Gasteiger partial charge >= 0.3 is 0 Å². The van der Waals surface area contributed by atoms with E-state index in [1.54, 1.807) is 6.07 Å². The SMILES string of the molecule is NCC(F)(F)c1ccc2ccccc2c1. The quantitative estimate of drug-likeness (QED) is 0.805. The highest BCUT2D eigenvalue weighted by molar-refractivity contribution is 5.83. The molecule has 0 saturated heterocycles. The van der Waals surface area contributed by atoms with Crippen LogP contribution in [-0.4, -0.2) is 6.54 Å². The van der Waals surface area contributed by atoms with E-state index in [4.69, 9.17) is 5.73 Å². The second kappa shape index (κ2) is 3.59. The van der Waals surface area contributed by atoms with Crippen molar-refractivity contribution in [3.8, 4) is 0 Å². The first-order valence-electron chi connectivity index (χ1n) is 4.71. The third-order valence-corrected chi connectivity index (χ3v) is 2.43. The van der Waals surface area contributed by atoms with Crippen LogP contribution in [0.4, 0.5) is 8.78 Å². The van der Waals surface area contributed by atoms with Crippen LogP contribution in [0.2, 0.25) is 0 Å². The Morgan fingerprint density at radius 2 is 1.67 bits per heavy atom. The van der Waals surface area contributed by atoms with Crippen LogP contribution in [0, 0.1) is 0 Å². The first-order valence-corrected chi connectivity index (χ1v) is 4.71. The van der Waals surface area contributed by atoms with Gasteiger partial charge in [-0.05, 0) is 16.8 Å². The number of benzene rings is 2. The second-order valence-corrected chi connectivity index (χ2v) is 3.47. The molecule has 0 atom stereocenters. The molecule has 0 unspecified atom stereocenters. The predicted octanol–water partition coefficient (Wildman–Crippen LogP) is 2.89. The fourth-order valence-corrected chi connectivity index (χ4v) is 1.53. The van der Waals surface area contributed by atoms with Crippen LogP contribution in [0.3, 0.4) is 0 Å². The summed E-state index contributed by atoms with van der Waals surface area (Å²) in [5.74, 6) is -2.94. The number of halogens is 2. The highest BCUT2D eigenvalue weighted by Crippen LogP contribution is 2.28. The van der Waals surface area contributed by atoms with Crippen molar-refractivity contribution in [1.82, 2.24) is 0 Å². The Bertz CT molecular complexity index is 480. The summed E-state index contributed by atoms with van der Waals surface area (Å²) < 4.78 is 26.6. The minimum absolute atomic E-state index is 0.0244. The van der Waals surface area contributed by atoms with Gasteiger partial charge in [0.05, 0.1) is 6.54 Å². The molecule has 15 heavy (non-hydrogen) atoms. The molecular weight excluding hydrogens is 196 g/mol. The summed E-state index contributed by atoms with van der Waals surface area (Å²) in [5, 5.41) is 1.76. The molecular formula is C12H11F2N. The van der Waals surface area contributed by atoms with Crippen molar-refractivity contribution >= 4 is 10.8 Å². The van der Waals surface area contributed by atoms with E-state index in [2.05, 4.69) is 0 Å². The fraction of sp³-hybridized carbons (Fsp3) is 0.167. The molecule has 0 bridgehead atoms. The first kappa shape index (κ1) is 10.1. The zero-order valence-corrected chi connectivity index (χ0v) is 8.08. The Labute approximate surface area is 86.5 Å². The highest BCUT2D eigenvalue weighted by atomic mass is 19.3. The van der Waals surface area contributed by atoms with E-state index in [9.17, 15) is 8.78 Å². The average Bonchev–Trinajstić information content (AvgIpc) is 2.28. The third kappa shape index (κ3) is 1.83. The summed E-state index contributed by atoms with van der Waals surface area (Å²) in [5.41, 5.74) is 5.01. The topological polar surface area (TPSA) is 26.0 Å². The molecule has 2 rings (SSSR count). The number of alkyl halides is 2. The zero-order chi connectivity index (χ0) is 10.9. The molecule has 0 aliphatic rings. The van der Waals surface area contributed by atoms with Gasteiger partial charge in [0.15, 0.2) is 0 Å². The third-order valence-electron chi connectivity index (χ3n) is 2.43. The first-order chi connectivity index (χ1) is 7.13. The normalized spacial score (nSPS) is 11.9. The van der Waals surface area contributed by atoms with Crippen molar-refractivity contribution in [3.05, 3.63) is 48.0 Å². The molecule has 0 fully saturated rings. The molecule has 0 saturated carbocycles. The van der Waals surface area contributed by atoms with Crippen molar-refractivity contribution in [2.24, 2.45) is 5.73 Å². The summed E-state index contributed by atoms with van der Waals surface area (Å²) in [6.07, 6.45) is 0. The molecule has 2 aromatic carbocycles. The number of rotatable bonds is 2. The van der Waals surface area contributed by atoms with E-state index in [-0.39, 0.29) is 5.56 Å². The molecule has 0 aliphatic carbocycles. The maximum Gasteiger partial charge on any atom is 0.285 e. The lowest BCUT2D eigenvalue weighted by atomic mass is 10.0. The van der Waals surface area contributed by atoms with Crippen LogP contribution in [0.15, 0.2) is 42.5 Å². The maximum atomic E-state index is 13.3. The average molecular weight is 207 g/mol. The predicted molar refractivity (Wildman–Crippen MR) is 56.9 cm³/mol. The number of hydrogen-bond donors (Lipinski definition) is 1. The smallest absolute Gasteiger partial charge is 0.285 e. The van der Waals surface area contributed by atoms with Crippen molar-refractivity contribution in [2.45, 2.75) is 5.92 Å². The summed E-state index contributed by atoms with van der Waals surface area (Å²) in [7, 11) is 0. The number of hydrogen-bond acceptors (Lipinski definition) is 1. The van der Waals surface area contributed by atoms with Crippen LogP contribution < -0.4 is 5.73 Å². The van der Waals surface area contributed by atoms with Gasteiger partial charge in [-0.15, -0.1) is 0 Å². The van der Waals surface area contributed by atoms with Crippen molar-refractivity contribution < 1.29 is 8.78 Å². The second-order valence-electron chi connectivity index (χ2n) is 3.47. The van der Waals surface area contributed by atoms with Gasteiger partial charge in [0.2, 0.25) is 0 Å². The van der Waals surface area contributed by atoms with E-state index in [0.717, 1.165) is 10.8 Å². The summed E-state index contributed by atoms with van der Waals surface area (Å²) in [6, 6.07) is 12.0. The van der Waals surface area contributed by atoms with Gasteiger partial charge in [0.1, 0.15) is 0 Å². The van der Waals surface area contributed by atoms with Gasteiger partial charge in [-0.1, -0.05) is 36.4 Å². The molecule has 0 aromatic heterocycles. The Hall–Kier alpha value is -1.48. The Morgan fingerprint density at radius 1 is 1.00 bits per heavy atom. The molecule has 0 aliphatic heterocycles. The minimum Gasteiger partial charge on any atom is -0.325 e. The van der Waals surface area contributed by atoms with Gasteiger partial charge in [0.25, 0.3) is 5.92 Å². The highest BCUT2D eigenvalue weighted by Gasteiger charge is 2.29. The molecule has 0 spiro atoms. The van der Waals surface area contributed by atoms with Crippen molar-refractivity contribution in [2.75, 3.05) is 6.54 Å². The number of fused-ring (bicyclic) bond motifs is 1. The summed E-state index contributed by atoms with van der Waals surface area (Å²) in [4.78, 5) is 0. The van der Waals surface area contributed by atoms with Crippen LogP contribution in [-0.2, 0) is 5.92 Å². The standard InChI is InChI=1S/C12H11F2N/c13-12(14,8-15)11-6-5-9-3-1-2-4-10(9)7-11/h1-7H,8,15H2. The van der Waals surface area contributed by atoms with Crippen molar-refractivity contribution in [1.29, 1.82) is 0 Å². The Balaban J connectivity index is 2.56. The molecule has 0 amide bonds. The van der Waals surface area contributed by atoms with Crippen molar-refractivity contribution in [3.63, 3.8) is 0 Å². The molecule has 0 heterocycles. The van der Waals surface area contributed by atoms with Crippen LogP contribution >= 0.6 is 0 Å². The van der Waals surface area contributed by atoms with Crippen LogP contribution in [0.5, 0.6) is 0 Å². The van der Waals surface area contributed by atoms with E-state index in [1.807, 2.05) is 24.3 Å². The molecule has 3 heteroatoms. The monoisotopic (exact) mass is 207 g/mol.